The number of anilines is 1. The van der Waals surface area contributed by atoms with Crippen LogP contribution in [0, 0.1) is 0 Å². The summed E-state index contributed by atoms with van der Waals surface area (Å²) >= 11 is 0. The topological polar surface area (TPSA) is 358 Å². The van der Waals surface area contributed by atoms with Gasteiger partial charge in [-0.15, -0.1) is 0 Å². The molecule has 0 radical (unpaired) electrons. The van der Waals surface area contributed by atoms with Crippen LogP contribution in [0.15, 0.2) is 12.7 Å². The molecule has 310 valence electrons. The van der Waals surface area contributed by atoms with Gasteiger partial charge in [0.25, 0.3) is 0 Å². The van der Waals surface area contributed by atoms with Crippen LogP contribution in [-0.4, -0.2) is 228 Å². The molecular weight excluding hydrogens is 740 g/mol. The molecule has 52 heavy (non-hydrogen) atoms. The van der Waals surface area contributed by atoms with Crippen molar-refractivity contribution in [2.24, 2.45) is 0 Å². The molecule has 13 N–H and O–H groups in total. The van der Waals surface area contributed by atoms with Gasteiger partial charge in [-0.05, 0) is 56.4 Å². The van der Waals surface area contributed by atoms with Crippen LogP contribution in [-0.2, 0) is 18.2 Å². The lowest BCUT2D eigenvalue weighted by Crippen LogP contribution is -2.33. The van der Waals surface area contributed by atoms with E-state index in [0.717, 1.165) is 26.2 Å². The molecular formula is C26H61N9O15P2. The number of nitrogens with zero attached hydrogens (tertiary/aromatic N) is 8. The molecule has 0 amide bonds. The summed E-state index contributed by atoms with van der Waals surface area (Å²) in [6, 6.07) is 0. The first-order valence-electron chi connectivity index (χ1n) is 15.3. The summed E-state index contributed by atoms with van der Waals surface area (Å²) in [6.45, 7) is 3.69. The number of hydrogen-bond donors (Lipinski definition) is 12. The number of fused-ring (bicyclic) bond motifs is 1. The number of ether oxygens (including phenoxy) is 1. The minimum atomic E-state index is -5.05. The van der Waals surface area contributed by atoms with E-state index in [1.807, 2.05) is 76.0 Å². The first-order valence-corrected chi connectivity index (χ1v) is 18.4. The van der Waals surface area contributed by atoms with Gasteiger partial charge in [0.15, 0.2) is 17.7 Å². The molecule has 26 heteroatoms. The highest BCUT2D eigenvalue weighted by Gasteiger charge is 2.44. The molecule has 0 spiro atoms. The van der Waals surface area contributed by atoms with Crippen molar-refractivity contribution >= 4 is 32.6 Å². The van der Waals surface area contributed by atoms with Crippen molar-refractivity contribution in [2.75, 3.05) is 121 Å². The Morgan fingerprint density at radius 2 is 1.10 bits per heavy atom. The number of likely N-dealkylation sites (N-methyl/N-ethyl adjacent to an activating group) is 4. The molecule has 1 aliphatic heterocycles. The van der Waals surface area contributed by atoms with Crippen molar-refractivity contribution in [3.05, 3.63) is 12.7 Å². The Kier molecular flexibility index (Phi) is 30.9. The maximum Gasteiger partial charge on any atom is 0.478 e. The Morgan fingerprint density at radius 3 is 1.35 bits per heavy atom. The summed E-state index contributed by atoms with van der Waals surface area (Å²) in [7, 11) is 5.31. The summed E-state index contributed by atoms with van der Waals surface area (Å²) in [5.74, 6) is 0.218. The highest BCUT2D eigenvalue weighted by atomic mass is 31.3. The van der Waals surface area contributed by atoms with E-state index >= 15 is 0 Å². The third kappa shape index (κ3) is 28.6. The molecule has 2 aromatic rings. The van der Waals surface area contributed by atoms with E-state index in [0.29, 0.717) is 11.2 Å². The second-order valence-electron chi connectivity index (χ2n) is 11.5. The normalized spacial score (nSPS) is 18.4. The summed E-state index contributed by atoms with van der Waals surface area (Å²) in [5.41, 5.74) is 6.44. The lowest BCUT2D eigenvalue weighted by molar-refractivity contribution is -0.0511. The zero-order valence-electron chi connectivity index (χ0n) is 30.9. The molecule has 4 atom stereocenters. The Labute approximate surface area is 303 Å². The zero-order chi connectivity index (χ0) is 41.2. The Morgan fingerprint density at radius 1 is 0.712 bits per heavy atom. The van der Waals surface area contributed by atoms with Gasteiger partial charge in [-0.2, -0.15) is 4.31 Å². The van der Waals surface area contributed by atoms with E-state index in [2.05, 4.69) is 19.3 Å². The standard InChI is InChI=1S/C10H13N5O4.4C4H11NO.H4O7P2/c11-8-5-9(13-2-12-8)15(3-14-5)10-7(18)6(17)4(1-16)19-10;4*1-5(2)3-4-6;1-8(2,3)7-9(4,5)6/h2-4,6-7,10,16-18H,1H2,(H2,11,12,13);4*6H,3-4H2,1-2H3;(H2,1,2,3)(H2,4,5,6)/t4-,6-,7-,10-;;;;;/m1...../s1. The molecule has 3 heterocycles. The van der Waals surface area contributed by atoms with Crippen LogP contribution >= 0.6 is 15.6 Å². The molecule has 0 aromatic carbocycles. The first-order chi connectivity index (χ1) is 23.9. The molecule has 1 fully saturated rings. The van der Waals surface area contributed by atoms with E-state index in [1.165, 1.54) is 17.2 Å². The number of aromatic nitrogens is 4. The average molecular weight is 802 g/mol. The van der Waals surface area contributed by atoms with Gasteiger partial charge >= 0.3 is 15.6 Å². The molecule has 24 nitrogen and oxygen atoms in total. The Balaban J connectivity index is -0.000000616. The quantitative estimate of drug-likeness (QED) is 0.0898. The number of rotatable bonds is 12. The fourth-order valence-electron chi connectivity index (χ4n) is 3.10. The molecule has 0 unspecified atom stereocenters. The fraction of sp³-hybridized carbons (Fsp3) is 0.808. The minimum absolute atomic E-state index is 0.218. The highest BCUT2D eigenvalue weighted by Crippen LogP contribution is 2.53. The zero-order valence-corrected chi connectivity index (χ0v) is 32.7. The molecule has 1 saturated heterocycles. The number of nitrogen functional groups attached to an aromatic ring is 1. The fourth-order valence-corrected chi connectivity index (χ4v) is 4.21. The summed E-state index contributed by atoms with van der Waals surface area (Å²) < 4.78 is 29.1. The van der Waals surface area contributed by atoms with Crippen molar-refractivity contribution in [3.63, 3.8) is 0 Å². The number of hydrogen-bond acceptors (Lipinski definition) is 19. The van der Waals surface area contributed by atoms with Crippen molar-refractivity contribution < 1.29 is 73.5 Å². The molecule has 0 bridgehead atoms. The number of aliphatic hydroxyl groups excluding tert-OH is 7. The second-order valence-corrected chi connectivity index (χ2v) is 14.1. The second kappa shape index (κ2) is 29.5. The summed E-state index contributed by atoms with van der Waals surface area (Å²) in [4.78, 5) is 50.6. The molecule has 0 aliphatic carbocycles. The molecule has 1 aliphatic rings. The predicted octanol–water partition coefficient (Wildman–Crippen LogP) is -4.63. The number of imidazole rings is 1. The van der Waals surface area contributed by atoms with Crippen molar-refractivity contribution in [1.29, 1.82) is 0 Å². The molecule has 2 aromatic heterocycles. The lowest BCUT2D eigenvalue weighted by Gasteiger charge is -2.16. The Bertz CT molecular complexity index is 1190. The van der Waals surface area contributed by atoms with Crippen LogP contribution < -0.4 is 5.73 Å². The number of aliphatic hydroxyl groups is 7. The van der Waals surface area contributed by atoms with E-state index in [9.17, 15) is 19.3 Å². The summed E-state index contributed by atoms with van der Waals surface area (Å²) in [5, 5.41) is 61.5. The smallest absolute Gasteiger partial charge is 0.395 e. The van der Waals surface area contributed by atoms with Crippen molar-refractivity contribution in [1.82, 2.24) is 39.1 Å². The van der Waals surface area contributed by atoms with Crippen molar-refractivity contribution in [2.45, 2.75) is 24.5 Å². The molecule has 0 saturated carbocycles. The Hall–Kier alpha value is -1.87. The third-order valence-corrected chi connectivity index (χ3v) is 7.28. The molecule has 3 rings (SSSR count). The maximum atomic E-state index is 9.95. The van der Waals surface area contributed by atoms with Crippen LogP contribution in [0.3, 0.4) is 0 Å². The number of phosphoric acid groups is 2. The third-order valence-electron chi connectivity index (χ3n) is 5.58. The number of nitrogens with two attached hydrogens (primary N) is 1. The van der Waals surface area contributed by atoms with Crippen LogP contribution in [0.5, 0.6) is 0 Å². The van der Waals surface area contributed by atoms with Gasteiger partial charge in [0.1, 0.15) is 30.2 Å². The van der Waals surface area contributed by atoms with Crippen molar-refractivity contribution in [3.8, 4) is 0 Å². The van der Waals surface area contributed by atoms with Gasteiger partial charge in [-0.25, -0.2) is 24.1 Å². The van der Waals surface area contributed by atoms with Crippen LogP contribution in [0.2, 0.25) is 0 Å². The monoisotopic (exact) mass is 801 g/mol. The maximum absolute atomic E-state index is 9.95. The van der Waals surface area contributed by atoms with Gasteiger partial charge in [0.05, 0.1) is 39.4 Å². The summed E-state index contributed by atoms with van der Waals surface area (Å²) in [6.07, 6.45) is -1.42. The van der Waals surface area contributed by atoms with Gasteiger partial charge in [-0.1, -0.05) is 0 Å². The van der Waals surface area contributed by atoms with E-state index in [4.69, 9.17) is 55.6 Å². The van der Waals surface area contributed by atoms with Gasteiger partial charge in [0, 0.05) is 26.2 Å². The highest BCUT2D eigenvalue weighted by molar-refractivity contribution is 7.60. The first kappa shape index (κ1) is 54.5. The van der Waals surface area contributed by atoms with E-state index in [-0.39, 0.29) is 32.2 Å². The lowest BCUT2D eigenvalue weighted by atomic mass is 10.1. The van der Waals surface area contributed by atoms with E-state index < -0.39 is 46.8 Å². The predicted molar refractivity (Wildman–Crippen MR) is 190 cm³/mol. The SMILES string of the molecule is CN(C)CCO.CN(C)CCO.CN(C)CCO.CN(C)CCO.Nc1ncnc2c1ncn2[C@@H]1O[C@H](CO)[C@@H](O)[C@H]1O.O=P(O)(O)OP(=O)(O)O. The van der Waals surface area contributed by atoms with E-state index in [1.54, 1.807) is 0 Å². The average Bonchev–Trinajstić information content (AvgIpc) is 3.53. The van der Waals surface area contributed by atoms with Crippen LogP contribution in [0.4, 0.5) is 5.82 Å². The minimum Gasteiger partial charge on any atom is -0.395 e. The van der Waals surface area contributed by atoms with Gasteiger partial charge < -0.3 is 85.4 Å². The van der Waals surface area contributed by atoms with Gasteiger partial charge in [-0.3, -0.25) is 4.57 Å². The largest absolute Gasteiger partial charge is 0.478 e. The van der Waals surface area contributed by atoms with Crippen LogP contribution in [0.25, 0.3) is 11.2 Å². The van der Waals surface area contributed by atoms with Gasteiger partial charge in [0.2, 0.25) is 0 Å². The van der Waals surface area contributed by atoms with Crippen LogP contribution in [0.1, 0.15) is 6.23 Å².